The Morgan fingerprint density at radius 1 is 1.28 bits per heavy atom. The van der Waals surface area contributed by atoms with Gasteiger partial charge in [-0.1, -0.05) is 13.3 Å². The molecule has 5 unspecified atom stereocenters. The summed E-state index contributed by atoms with van der Waals surface area (Å²) < 4.78 is 5.58. The van der Waals surface area contributed by atoms with Crippen LogP contribution in [0.1, 0.15) is 40.0 Å². The van der Waals surface area contributed by atoms with E-state index in [0.717, 1.165) is 19.3 Å². The topological polar surface area (TPSA) is 55.6 Å². The third-order valence-corrected chi connectivity index (χ3v) is 4.50. The number of amides is 1. The lowest BCUT2D eigenvalue weighted by molar-refractivity contribution is -0.149. The van der Waals surface area contributed by atoms with Crippen LogP contribution in [0.25, 0.3) is 0 Å². The molecule has 1 aliphatic heterocycles. The van der Waals surface area contributed by atoms with E-state index in [9.17, 15) is 4.79 Å². The second kappa shape index (κ2) is 5.57. The Hall–Kier alpha value is -0.610. The zero-order chi connectivity index (χ0) is 13.3. The molecule has 1 heterocycles. The van der Waals surface area contributed by atoms with Gasteiger partial charge in [0.15, 0.2) is 0 Å². The summed E-state index contributed by atoms with van der Waals surface area (Å²) in [6, 6.07) is 0.203. The fraction of sp³-hybridized carbons (Fsp3) is 0.929. The highest BCUT2D eigenvalue weighted by molar-refractivity contribution is 5.80. The van der Waals surface area contributed by atoms with Gasteiger partial charge < -0.3 is 15.4 Å². The van der Waals surface area contributed by atoms with Gasteiger partial charge in [-0.25, -0.2) is 0 Å². The number of carbonyl (C=O) groups is 1. The van der Waals surface area contributed by atoms with E-state index < -0.39 is 0 Å². The van der Waals surface area contributed by atoms with E-state index in [2.05, 4.69) is 13.8 Å². The molecule has 18 heavy (non-hydrogen) atoms. The van der Waals surface area contributed by atoms with E-state index in [1.165, 1.54) is 0 Å². The highest BCUT2D eigenvalue weighted by atomic mass is 16.5. The highest BCUT2D eigenvalue weighted by Gasteiger charge is 2.38. The number of nitrogens with two attached hydrogens (primary N) is 1. The predicted octanol–water partition coefficient (Wildman–Crippen LogP) is 1.39. The zero-order valence-corrected chi connectivity index (χ0v) is 11.8. The largest absolute Gasteiger partial charge is 0.375 e. The van der Waals surface area contributed by atoms with Crippen molar-refractivity contribution in [3.05, 3.63) is 0 Å². The summed E-state index contributed by atoms with van der Waals surface area (Å²) in [6.07, 6.45) is 3.37. The van der Waals surface area contributed by atoms with Crippen molar-refractivity contribution in [2.45, 2.75) is 58.2 Å². The Morgan fingerprint density at radius 3 is 2.72 bits per heavy atom. The molecular weight excluding hydrogens is 228 g/mol. The minimum Gasteiger partial charge on any atom is -0.375 e. The van der Waals surface area contributed by atoms with Crippen molar-refractivity contribution in [2.75, 3.05) is 13.2 Å². The van der Waals surface area contributed by atoms with E-state index >= 15 is 0 Å². The van der Waals surface area contributed by atoms with Gasteiger partial charge in [0.05, 0.1) is 24.7 Å². The number of morpholine rings is 1. The second-order valence-electron chi connectivity index (χ2n) is 6.08. The minimum absolute atomic E-state index is 0.0153. The van der Waals surface area contributed by atoms with E-state index in [4.69, 9.17) is 10.5 Å². The normalized spacial score (nSPS) is 41.8. The SMILES string of the molecule is CC1CN(C(=O)C2CCCC(C)C2N)C(C)CO1. The standard InChI is InChI=1S/C14H26N2O2/c1-9-5-4-6-12(13(9)15)14(17)16-7-11(3)18-8-10(16)2/h9-13H,4-8,15H2,1-3H3. The van der Waals surface area contributed by atoms with Crippen molar-refractivity contribution in [1.29, 1.82) is 0 Å². The highest BCUT2D eigenvalue weighted by Crippen LogP contribution is 2.30. The van der Waals surface area contributed by atoms with Crippen LogP contribution in [0.2, 0.25) is 0 Å². The summed E-state index contributed by atoms with van der Waals surface area (Å²) in [6.45, 7) is 7.59. The van der Waals surface area contributed by atoms with Crippen molar-refractivity contribution >= 4 is 5.91 Å². The second-order valence-corrected chi connectivity index (χ2v) is 6.08. The number of hydrogen-bond acceptors (Lipinski definition) is 3. The molecule has 0 spiro atoms. The molecule has 0 aromatic carbocycles. The molecule has 1 amide bonds. The average Bonchev–Trinajstić information content (AvgIpc) is 2.35. The smallest absolute Gasteiger partial charge is 0.227 e. The summed E-state index contributed by atoms with van der Waals surface area (Å²) in [5.41, 5.74) is 6.23. The Morgan fingerprint density at radius 2 is 2.00 bits per heavy atom. The summed E-state index contributed by atoms with van der Waals surface area (Å²) >= 11 is 0. The Kier molecular flexibility index (Phi) is 4.28. The maximum atomic E-state index is 12.7. The fourth-order valence-electron chi connectivity index (χ4n) is 3.15. The maximum absolute atomic E-state index is 12.7. The van der Waals surface area contributed by atoms with Crippen LogP contribution in [0.4, 0.5) is 0 Å². The van der Waals surface area contributed by atoms with Crippen molar-refractivity contribution in [3.63, 3.8) is 0 Å². The van der Waals surface area contributed by atoms with Gasteiger partial charge in [-0.3, -0.25) is 4.79 Å². The number of rotatable bonds is 1. The van der Waals surface area contributed by atoms with Crippen molar-refractivity contribution in [2.24, 2.45) is 17.6 Å². The molecule has 2 aliphatic rings. The Bertz CT molecular complexity index is 304. The monoisotopic (exact) mass is 254 g/mol. The molecule has 1 aliphatic carbocycles. The Labute approximate surface area is 110 Å². The van der Waals surface area contributed by atoms with Gasteiger partial charge in [0, 0.05) is 12.6 Å². The molecule has 2 N–H and O–H groups in total. The van der Waals surface area contributed by atoms with Gasteiger partial charge in [0.2, 0.25) is 5.91 Å². The summed E-state index contributed by atoms with van der Waals surface area (Å²) in [4.78, 5) is 14.6. The van der Waals surface area contributed by atoms with Crippen molar-refractivity contribution < 1.29 is 9.53 Å². The van der Waals surface area contributed by atoms with Crippen LogP contribution in [0, 0.1) is 11.8 Å². The van der Waals surface area contributed by atoms with Gasteiger partial charge in [-0.2, -0.15) is 0 Å². The van der Waals surface area contributed by atoms with E-state index in [1.54, 1.807) is 0 Å². The number of ether oxygens (including phenoxy) is 1. The first-order valence-corrected chi connectivity index (χ1v) is 7.18. The molecule has 0 bridgehead atoms. The number of nitrogens with zero attached hydrogens (tertiary/aromatic N) is 1. The van der Waals surface area contributed by atoms with Crippen LogP contribution < -0.4 is 5.73 Å². The van der Waals surface area contributed by atoms with Gasteiger partial charge in [0.1, 0.15) is 0 Å². The molecule has 1 saturated heterocycles. The fourth-order valence-corrected chi connectivity index (χ4v) is 3.15. The summed E-state index contributed by atoms with van der Waals surface area (Å²) in [5, 5.41) is 0. The van der Waals surface area contributed by atoms with Crippen molar-refractivity contribution in [3.8, 4) is 0 Å². The average molecular weight is 254 g/mol. The van der Waals surface area contributed by atoms with Gasteiger partial charge in [0.25, 0.3) is 0 Å². The first kappa shape index (κ1) is 13.8. The molecule has 104 valence electrons. The summed E-state index contributed by atoms with van der Waals surface area (Å²) in [7, 11) is 0. The molecule has 4 heteroatoms. The molecular formula is C14H26N2O2. The van der Waals surface area contributed by atoms with E-state index in [1.807, 2.05) is 11.8 Å². The van der Waals surface area contributed by atoms with E-state index in [-0.39, 0.29) is 30.0 Å². The first-order chi connectivity index (χ1) is 8.50. The van der Waals surface area contributed by atoms with Crippen LogP contribution >= 0.6 is 0 Å². The predicted molar refractivity (Wildman–Crippen MR) is 71.1 cm³/mol. The van der Waals surface area contributed by atoms with Gasteiger partial charge in [-0.05, 0) is 32.6 Å². The molecule has 5 atom stereocenters. The van der Waals surface area contributed by atoms with Crippen molar-refractivity contribution in [1.82, 2.24) is 4.90 Å². The molecule has 2 fully saturated rings. The lowest BCUT2D eigenvalue weighted by Crippen LogP contribution is -2.56. The lowest BCUT2D eigenvalue weighted by atomic mass is 9.77. The van der Waals surface area contributed by atoms with Crippen LogP contribution in [-0.2, 0) is 9.53 Å². The third-order valence-electron chi connectivity index (χ3n) is 4.50. The van der Waals surface area contributed by atoms with Gasteiger partial charge in [-0.15, -0.1) is 0 Å². The molecule has 0 aromatic rings. The molecule has 0 radical (unpaired) electrons. The number of hydrogen-bond donors (Lipinski definition) is 1. The first-order valence-electron chi connectivity index (χ1n) is 7.18. The van der Waals surface area contributed by atoms with Crippen LogP contribution in [0.5, 0.6) is 0 Å². The molecule has 1 saturated carbocycles. The summed E-state index contributed by atoms with van der Waals surface area (Å²) in [5.74, 6) is 0.722. The van der Waals surface area contributed by atoms with Crippen LogP contribution in [0.3, 0.4) is 0 Å². The Balaban J connectivity index is 2.05. The van der Waals surface area contributed by atoms with E-state index in [0.29, 0.717) is 19.1 Å². The third kappa shape index (κ3) is 2.69. The molecule has 0 aromatic heterocycles. The quantitative estimate of drug-likeness (QED) is 0.769. The number of carbonyl (C=O) groups excluding carboxylic acids is 1. The van der Waals surface area contributed by atoms with Crippen LogP contribution in [-0.4, -0.2) is 42.1 Å². The maximum Gasteiger partial charge on any atom is 0.227 e. The zero-order valence-electron chi connectivity index (χ0n) is 11.8. The molecule has 2 rings (SSSR count). The van der Waals surface area contributed by atoms with Gasteiger partial charge >= 0.3 is 0 Å². The minimum atomic E-state index is 0.0153. The lowest BCUT2D eigenvalue weighted by Gasteiger charge is -2.42. The molecule has 4 nitrogen and oxygen atoms in total. The van der Waals surface area contributed by atoms with Crippen LogP contribution in [0.15, 0.2) is 0 Å².